The molecule has 10 nitrogen and oxygen atoms in total. The van der Waals surface area contributed by atoms with Crippen molar-refractivity contribution in [3.05, 3.63) is 42.9 Å². The van der Waals surface area contributed by atoms with E-state index in [1.54, 1.807) is 43.7 Å². The van der Waals surface area contributed by atoms with Crippen molar-refractivity contribution in [3.8, 4) is 22.9 Å². The number of hydrogen-bond donors (Lipinski definition) is 2. The summed E-state index contributed by atoms with van der Waals surface area (Å²) in [6.07, 6.45) is 2.57. The number of nitrogens with one attached hydrogen (secondary N) is 2. The van der Waals surface area contributed by atoms with Gasteiger partial charge in [0.25, 0.3) is 0 Å². The molecule has 34 heavy (non-hydrogen) atoms. The molecule has 4 aromatic rings. The lowest BCUT2D eigenvalue weighted by Crippen LogP contribution is -2.28. The van der Waals surface area contributed by atoms with Gasteiger partial charge in [0, 0.05) is 19.2 Å². The zero-order valence-corrected chi connectivity index (χ0v) is 19.5. The summed E-state index contributed by atoms with van der Waals surface area (Å²) in [6, 6.07) is 8.92. The summed E-state index contributed by atoms with van der Waals surface area (Å²) in [5, 5.41) is 6.09. The second-order valence-electron chi connectivity index (χ2n) is 7.40. The minimum Gasteiger partial charge on any atom is -0.463 e. The van der Waals surface area contributed by atoms with Gasteiger partial charge in [-0.25, -0.2) is 19.7 Å². The summed E-state index contributed by atoms with van der Waals surface area (Å²) in [4.78, 5) is 28.5. The third kappa shape index (κ3) is 5.18. The highest BCUT2D eigenvalue weighted by atomic mass is 16.5. The molecule has 0 spiro atoms. The number of rotatable bonds is 10. The normalized spacial score (nSPS) is 11.2. The van der Waals surface area contributed by atoms with Gasteiger partial charge in [0.1, 0.15) is 22.7 Å². The first kappa shape index (κ1) is 23.2. The molecular weight excluding hydrogens is 436 g/mol. The molecule has 0 fully saturated rings. The van der Waals surface area contributed by atoms with E-state index in [9.17, 15) is 4.79 Å². The Hall–Kier alpha value is -3.92. The minimum absolute atomic E-state index is 0.253. The molecule has 0 bridgehead atoms. The molecule has 0 aliphatic carbocycles. The summed E-state index contributed by atoms with van der Waals surface area (Å²) in [6.45, 7) is 9.69. The van der Waals surface area contributed by atoms with Crippen molar-refractivity contribution < 1.29 is 18.4 Å². The maximum absolute atomic E-state index is 12.0. The first-order valence-electron chi connectivity index (χ1n) is 11.3. The Morgan fingerprint density at radius 2 is 1.68 bits per heavy atom. The number of carbonyl (C=O) groups is 1. The monoisotopic (exact) mass is 464 g/mol. The Kier molecular flexibility index (Phi) is 7.38. The summed E-state index contributed by atoms with van der Waals surface area (Å²) >= 11 is 0. The van der Waals surface area contributed by atoms with E-state index >= 15 is 0 Å². The molecule has 0 saturated carbocycles. The van der Waals surface area contributed by atoms with Gasteiger partial charge in [-0.2, -0.15) is 0 Å². The van der Waals surface area contributed by atoms with E-state index in [2.05, 4.69) is 34.4 Å². The van der Waals surface area contributed by atoms with Crippen molar-refractivity contribution >= 4 is 28.8 Å². The van der Waals surface area contributed by atoms with Crippen molar-refractivity contribution in [1.82, 2.24) is 19.9 Å². The Balaban J connectivity index is 1.81. The number of fused-ring (bicyclic) bond motifs is 1. The minimum atomic E-state index is -0.588. The van der Waals surface area contributed by atoms with Gasteiger partial charge < -0.3 is 23.8 Å². The molecule has 0 atom stereocenters. The number of furan rings is 2. The smallest absolute Gasteiger partial charge is 0.412 e. The summed E-state index contributed by atoms with van der Waals surface area (Å²) in [7, 11) is 0. The SMILES string of the molecule is CCOC(=O)Nc1cc(NCCN(CC)CC)c2nc(-c3ccco3)c(-c3ccco3)nc2n1. The van der Waals surface area contributed by atoms with Crippen LogP contribution in [0.4, 0.5) is 16.3 Å². The van der Waals surface area contributed by atoms with Gasteiger partial charge in [-0.15, -0.1) is 0 Å². The molecule has 178 valence electrons. The highest BCUT2D eigenvalue weighted by Gasteiger charge is 2.20. The van der Waals surface area contributed by atoms with E-state index in [0.717, 1.165) is 19.6 Å². The molecule has 0 aliphatic heterocycles. The van der Waals surface area contributed by atoms with Gasteiger partial charge in [0.05, 0.1) is 24.8 Å². The van der Waals surface area contributed by atoms with Gasteiger partial charge in [-0.1, -0.05) is 13.8 Å². The average Bonchev–Trinajstić information content (AvgIpc) is 3.56. The third-order valence-electron chi connectivity index (χ3n) is 5.29. The highest BCUT2D eigenvalue weighted by molar-refractivity contribution is 5.93. The largest absolute Gasteiger partial charge is 0.463 e. The number of carbonyl (C=O) groups excluding carboxylic acids is 1. The van der Waals surface area contributed by atoms with Crippen LogP contribution in [-0.4, -0.2) is 58.7 Å². The van der Waals surface area contributed by atoms with Gasteiger partial charge in [-0.3, -0.25) is 5.32 Å². The number of aromatic nitrogens is 3. The van der Waals surface area contributed by atoms with Crippen molar-refractivity contribution in [1.29, 1.82) is 0 Å². The maximum atomic E-state index is 12.0. The van der Waals surface area contributed by atoms with Gasteiger partial charge >= 0.3 is 6.09 Å². The number of hydrogen-bond acceptors (Lipinski definition) is 9. The molecule has 4 rings (SSSR count). The number of nitrogens with zero attached hydrogens (tertiary/aromatic N) is 4. The lowest BCUT2D eigenvalue weighted by atomic mass is 10.2. The molecule has 0 saturated heterocycles. The molecule has 4 heterocycles. The summed E-state index contributed by atoms with van der Waals surface area (Å²) in [5.74, 6) is 1.40. The third-order valence-corrected chi connectivity index (χ3v) is 5.29. The Morgan fingerprint density at radius 3 is 2.26 bits per heavy atom. The lowest BCUT2D eigenvalue weighted by Gasteiger charge is -2.19. The van der Waals surface area contributed by atoms with E-state index in [0.29, 0.717) is 52.1 Å². The van der Waals surface area contributed by atoms with Crippen LogP contribution in [0.15, 0.2) is 51.7 Å². The molecule has 2 N–H and O–H groups in total. The Bertz CT molecular complexity index is 1220. The second kappa shape index (κ2) is 10.8. The van der Waals surface area contributed by atoms with Crippen LogP contribution in [0.2, 0.25) is 0 Å². The highest BCUT2D eigenvalue weighted by Crippen LogP contribution is 2.33. The Morgan fingerprint density at radius 1 is 1.00 bits per heavy atom. The number of amides is 1. The van der Waals surface area contributed by atoms with Crippen LogP contribution in [0.5, 0.6) is 0 Å². The van der Waals surface area contributed by atoms with Crippen LogP contribution in [0.1, 0.15) is 20.8 Å². The fourth-order valence-electron chi connectivity index (χ4n) is 3.57. The van der Waals surface area contributed by atoms with Crippen LogP contribution < -0.4 is 10.6 Å². The van der Waals surface area contributed by atoms with E-state index in [-0.39, 0.29) is 6.61 Å². The fourth-order valence-corrected chi connectivity index (χ4v) is 3.57. The molecule has 10 heteroatoms. The summed E-state index contributed by atoms with van der Waals surface area (Å²) < 4.78 is 16.2. The lowest BCUT2D eigenvalue weighted by molar-refractivity contribution is 0.168. The molecule has 0 radical (unpaired) electrons. The first-order valence-corrected chi connectivity index (χ1v) is 11.3. The van der Waals surface area contributed by atoms with Gasteiger partial charge in [-0.05, 0) is 44.3 Å². The second-order valence-corrected chi connectivity index (χ2v) is 7.40. The zero-order valence-electron chi connectivity index (χ0n) is 19.5. The molecule has 0 aliphatic rings. The van der Waals surface area contributed by atoms with E-state index < -0.39 is 6.09 Å². The van der Waals surface area contributed by atoms with Crippen molar-refractivity contribution in [3.63, 3.8) is 0 Å². The Labute approximate surface area is 197 Å². The van der Waals surface area contributed by atoms with Gasteiger partial charge in [0.15, 0.2) is 17.2 Å². The van der Waals surface area contributed by atoms with Crippen molar-refractivity contribution in [2.24, 2.45) is 0 Å². The van der Waals surface area contributed by atoms with Crippen LogP contribution in [0.25, 0.3) is 34.1 Å². The quantitative estimate of drug-likeness (QED) is 0.339. The number of likely N-dealkylation sites (N-methyl/N-ethyl adjacent to an activating group) is 1. The zero-order chi connectivity index (χ0) is 23.9. The standard InChI is InChI=1S/C24H28N6O4/c1-4-30(5-2)12-11-25-16-15-19(27-24(31)32-6-3)26-23-20(16)28-21(17-9-7-13-33-17)22(29-23)18-10-8-14-34-18/h7-10,13-15H,4-6,11-12H2,1-3H3,(H2,25,26,27,29,31). The fraction of sp³-hybridized carbons (Fsp3) is 0.333. The predicted octanol–water partition coefficient (Wildman–Crippen LogP) is 4.87. The molecule has 0 unspecified atom stereocenters. The van der Waals surface area contributed by atoms with E-state index in [1.807, 2.05) is 6.07 Å². The number of pyridine rings is 1. The van der Waals surface area contributed by atoms with E-state index in [4.69, 9.17) is 23.5 Å². The molecule has 1 amide bonds. The van der Waals surface area contributed by atoms with E-state index in [1.165, 1.54) is 0 Å². The van der Waals surface area contributed by atoms with Gasteiger partial charge in [0.2, 0.25) is 0 Å². The molecular formula is C24H28N6O4. The molecule has 4 aromatic heterocycles. The van der Waals surface area contributed by atoms with Crippen LogP contribution in [0, 0.1) is 0 Å². The number of anilines is 2. The number of ether oxygens (including phenoxy) is 1. The first-order chi connectivity index (χ1) is 16.6. The average molecular weight is 465 g/mol. The molecule has 0 aromatic carbocycles. The summed E-state index contributed by atoms with van der Waals surface area (Å²) in [5.41, 5.74) is 2.61. The van der Waals surface area contributed by atoms with Crippen LogP contribution in [0.3, 0.4) is 0 Å². The van der Waals surface area contributed by atoms with Crippen LogP contribution >= 0.6 is 0 Å². The van der Waals surface area contributed by atoms with Crippen molar-refractivity contribution in [2.75, 3.05) is 43.4 Å². The van der Waals surface area contributed by atoms with Crippen molar-refractivity contribution in [2.45, 2.75) is 20.8 Å². The predicted molar refractivity (Wildman–Crippen MR) is 130 cm³/mol. The topological polar surface area (TPSA) is 119 Å². The van der Waals surface area contributed by atoms with Crippen LogP contribution in [-0.2, 0) is 4.74 Å². The maximum Gasteiger partial charge on any atom is 0.412 e.